The van der Waals surface area contributed by atoms with Gasteiger partial charge in [0.05, 0.1) is 5.56 Å². The minimum absolute atomic E-state index is 0.262. The summed E-state index contributed by atoms with van der Waals surface area (Å²) < 4.78 is 5.57. The smallest absolute Gasteiger partial charge is 0.335 e. The summed E-state index contributed by atoms with van der Waals surface area (Å²) in [4.78, 5) is 10.7. The lowest BCUT2D eigenvalue weighted by atomic mass is 10.1. The molecule has 2 aromatic carbocycles. The van der Waals surface area contributed by atoms with Gasteiger partial charge in [0.15, 0.2) is 0 Å². The number of ether oxygens (including phenoxy) is 1. The fourth-order valence-electron chi connectivity index (χ4n) is 2.00. The minimum Gasteiger partial charge on any atom is -0.492 e. The first-order chi connectivity index (χ1) is 10.2. The summed E-state index contributed by atoms with van der Waals surface area (Å²) in [6.07, 6.45) is 0. The van der Waals surface area contributed by atoms with Gasteiger partial charge in [0.2, 0.25) is 0 Å². The molecule has 1 atom stereocenters. The molecule has 2 N–H and O–H groups in total. The molecule has 0 saturated heterocycles. The van der Waals surface area contributed by atoms with Gasteiger partial charge in [0.1, 0.15) is 12.4 Å². The summed E-state index contributed by atoms with van der Waals surface area (Å²) in [6.45, 7) is 3.36. The monoisotopic (exact) mass is 285 g/mol. The fraction of sp³-hybridized carbons (Fsp3) is 0.235. The van der Waals surface area contributed by atoms with Crippen molar-refractivity contribution >= 4 is 5.97 Å². The summed E-state index contributed by atoms with van der Waals surface area (Å²) in [6, 6.07) is 16.9. The van der Waals surface area contributed by atoms with E-state index < -0.39 is 5.97 Å². The standard InChI is InChI=1S/C17H19NO3/c1-13(14-5-3-2-4-6-14)18-11-12-21-16-9-7-15(8-10-16)17(19)20/h2-10,13,18H,11-12H2,1H3,(H,19,20). The lowest BCUT2D eigenvalue weighted by Gasteiger charge is -2.14. The van der Waals surface area contributed by atoms with Crippen molar-refractivity contribution in [1.29, 1.82) is 0 Å². The Balaban J connectivity index is 1.73. The highest BCUT2D eigenvalue weighted by molar-refractivity contribution is 5.87. The third-order valence-corrected chi connectivity index (χ3v) is 3.22. The van der Waals surface area contributed by atoms with Crippen LogP contribution >= 0.6 is 0 Å². The summed E-state index contributed by atoms with van der Waals surface area (Å²) >= 11 is 0. The van der Waals surface area contributed by atoms with Crippen LogP contribution in [0.3, 0.4) is 0 Å². The zero-order chi connectivity index (χ0) is 15.1. The topological polar surface area (TPSA) is 58.6 Å². The van der Waals surface area contributed by atoms with Crippen LogP contribution in [0.4, 0.5) is 0 Å². The SMILES string of the molecule is CC(NCCOc1ccc(C(=O)O)cc1)c1ccccc1. The fourth-order valence-corrected chi connectivity index (χ4v) is 2.00. The zero-order valence-corrected chi connectivity index (χ0v) is 12.0. The molecule has 110 valence electrons. The van der Waals surface area contributed by atoms with Crippen LogP contribution in [-0.4, -0.2) is 24.2 Å². The third-order valence-electron chi connectivity index (χ3n) is 3.22. The second-order valence-electron chi connectivity index (χ2n) is 4.76. The number of carboxylic acid groups (broad SMARTS) is 1. The lowest BCUT2D eigenvalue weighted by molar-refractivity contribution is 0.0697. The van der Waals surface area contributed by atoms with Gasteiger partial charge >= 0.3 is 5.97 Å². The van der Waals surface area contributed by atoms with Crippen LogP contribution in [0.15, 0.2) is 54.6 Å². The molecule has 0 aliphatic rings. The first kappa shape index (κ1) is 15.1. The molecule has 1 unspecified atom stereocenters. The van der Waals surface area contributed by atoms with Crippen LogP contribution in [0.2, 0.25) is 0 Å². The number of hydrogen-bond acceptors (Lipinski definition) is 3. The molecule has 21 heavy (non-hydrogen) atoms. The Morgan fingerprint density at radius 3 is 2.43 bits per heavy atom. The average molecular weight is 285 g/mol. The van der Waals surface area contributed by atoms with Gasteiger partial charge in [-0.1, -0.05) is 30.3 Å². The van der Waals surface area contributed by atoms with E-state index in [2.05, 4.69) is 24.4 Å². The van der Waals surface area contributed by atoms with Crippen LogP contribution in [0.5, 0.6) is 5.75 Å². The molecule has 4 heteroatoms. The number of aromatic carboxylic acids is 1. The van der Waals surface area contributed by atoms with Crippen molar-refractivity contribution in [3.05, 3.63) is 65.7 Å². The quantitative estimate of drug-likeness (QED) is 0.767. The highest BCUT2D eigenvalue weighted by atomic mass is 16.5. The molecule has 0 radical (unpaired) electrons. The molecule has 2 aromatic rings. The Hall–Kier alpha value is -2.33. The van der Waals surface area contributed by atoms with Gasteiger partial charge < -0.3 is 15.2 Å². The van der Waals surface area contributed by atoms with E-state index in [0.29, 0.717) is 12.4 Å². The van der Waals surface area contributed by atoms with Gasteiger partial charge in [-0.3, -0.25) is 0 Å². The predicted octanol–water partition coefficient (Wildman–Crippen LogP) is 3.11. The molecule has 4 nitrogen and oxygen atoms in total. The van der Waals surface area contributed by atoms with Gasteiger partial charge in [-0.25, -0.2) is 4.79 Å². The number of benzene rings is 2. The van der Waals surface area contributed by atoms with Crippen LogP contribution in [0.25, 0.3) is 0 Å². The van der Waals surface area contributed by atoms with E-state index in [4.69, 9.17) is 9.84 Å². The van der Waals surface area contributed by atoms with Crippen molar-refractivity contribution in [3.8, 4) is 5.75 Å². The molecule has 0 bridgehead atoms. The molecule has 0 aliphatic heterocycles. The van der Waals surface area contributed by atoms with Crippen molar-refractivity contribution in [2.75, 3.05) is 13.2 Å². The van der Waals surface area contributed by atoms with E-state index in [1.807, 2.05) is 18.2 Å². The van der Waals surface area contributed by atoms with Gasteiger partial charge in [-0.05, 0) is 36.8 Å². The van der Waals surface area contributed by atoms with Crippen LogP contribution in [0, 0.1) is 0 Å². The molecule has 0 aromatic heterocycles. The number of rotatable bonds is 7. The molecule has 0 aliphatic carbocycles. The Labute approximate surface area is 124 Å². The highest BCUT2D eigenvalue weighted by Gasteiger charge is 2.04. The van der Waals surface area contributed by atoms with Crippen molar-refractivity contribution < 1.29 is 14.6 Å². The van der Waals surface area contributed by atoms with Crippen LogP contribution in [-0.2, 0) is 0 Å². The maximum atomic E-state index is 10.7. The van der Waals surface area contributed by atoms with Crippen molar-refractivity contribution in [3.63, 3.8) is 0 Å². The Bertz CT molecular complexity index is 566. The minimum atomic E-state index is -0.931. The number of carboxylic acids is 1. The predicted molar refractivity (Wildman–Crippen MR) is 81.8 cm³/mol. The Morgan fingerprint density at radius 2 is 1.81 bits per heavy atom. The maximum Gasteiger partial charge on any atom is 0.335 e. The van der Waals surface area contributed by atoms with Gasteiger partial charge in [0, 0.05) is 12.6 Å². The Kier molecular flexibility index (Phi) is 5.35. The summed E-state index contributed by atoms with van der Waals surface area (Å²) in [5, 5.41) is 12.2. The number of carbonyl (C=O) groups is 1. The zero-order valence-electron chi connectivity index (χ0n) is 12.0. The molecule has 2 rings (SSSR count). The van der Waals surface area contributed by atoms with E-state index in [1.54, 1.807) is 12.1 Å². The van der Waals surface area contributed by atoms with E-state index in [-0.39, 0.29) is 11.6 Å². The van der Waals surface area contributed by atoms with E-state index in [9.17, 15) is 4.79 Å². The molecule has 0 spiro atoms. The first-order valence-electron chi connectivity index (χ1n) is 6.91. The lowest BCUT2D eigenvalue weighted by Crippen LogP contribution is -2.24. The summed E-state index contributed by atoms with van der Waals surface area (Å²) in [7, 11) is 0. The van der Waals surface area contributed by atoms with Crippen LogP contribution < -0.4 is 10.1 Å². The maximum absolute atomic E-state index is 10.7. The normalized spacial score (nSPS) is 11.9. The summed E-state index contributed by atoms with van der Waals surface area (Å²) in [5.74, 6) is -0.255. The van der Waals surface area contributed by atoms with Crippen LogP contribution in [0.1, 0.15) is 28.9 Å². The largest absolute Gasteiger partial charge is 0.492 e. The first-order valence-corrected chi connectivity index (χ1v) is 6.91. The summed E-state index contributed by atoms with van der Waals surface area (Å²) in [5.41, 5.74) is 1.50. The molecule has 0 heterocycles. The number of hydrogen-bond donors (Lipinski definition) is 2. The van der Waals surface area contributed by atoms with E-state index in [1.165, 1.54) is 17.7 Å². The van der Waals surface area contributed by atoms with Crippen molar-refractivity contribution in [1.82, 2.24) is 5.32 Å². The average Bonchev–Trinajstić information content (AvgIpc) is 2.52. The highest BCUT2D eigenvalue weighted by Crippen LogP contribution is 2.13. The van der Waals surface area contributed by atoms with Gasteiger partial charge in [-0.2, -0.15) is 0 Å². The van der Waals surface area contributed by atoms with E-state index in [0.717, 1.165) is 6.54 Å². The molecule has 0 saturated carbocycles. The van der Waals surface area contributed by atoms with Gasteiger partial charge in [-0.15, -0.1) is 0 Å². The molecule has 0 amide bonds. The molecular weight excluding hydrogens is 266 g/mol. The number of nitrogens with one attached hydrogen (secondary N) is 1. The second-order valence-corrected chi connectivity index (χ2v) is 4.76. The van der Waals surface area contributed by atoms with E-state index >= 15 is 0 Å². The van der Waals surface area contributed by atoms with Crippen molar-refractivity contribution in [2.24, 2.45) is 0 Å². The second kappa shape index (κ2) is 7.45. The Morgan fingerprint density at radius 1 is 1.14 bits per heavy atom. The molecule has 0 fully saturated rings. The van der Waals surface area contributed by atoms with Gasteiger partial charge in [0.25, 0.3) is 0 Å². The van der Waals surface area contributed by atoms with Crippen molar-refractivity contribution in [2.45, 2.75) is 13.0 Å². The third kappa shape index (κ3) is 4.61. The molecular formula is C17H19NO3.